The number of H-pyrrole nitrogens is 1. The lowest BCUT2D eigenvalue weighted by Crippen LogP contribution is -2.50. The average Bonchev–Trinajstić information content (AvgIpc) is 2.99. The topological polar surface area (TPSA) is 109 Å². The molecule has 1 aliphatic rings. The van der Waals surface area contributed by atoms with Gasteiger partial charge >= 0.3 is 11.7 Å². The number of aromatic nitrogens is 2. The van der Waals surface area contributed by atoms with Crippen molar-refractivity contribution in [2.45, 2.75) is 103 Å². The summed E-state index contributed by atoms with van der Waals surface area (Å²) in [6, 6.07) is 1.27. The summed E-state index contributed by atoms with van der Waals surface area (Å²) in [4.78, 5) is 38.4. The van der Waals surface area contributed by atoms with Crippen LogP contribution < -0.4 is 11.2 Å². The zero-order chi connectivity index (χ0) is 27.0. The van der Waals surface area contributed by atoms with Crippen molar-refractivity contribution in [1.29, 1.82) is 0 Å². The predicted octanol–water partition coefficient (Wildman–Crippen LogP) is 4.03. The summed E-state index contributed by atoms with van der Waals surface area (Å²) in [6.45, 7) is 23.3. The third-order valence-corrected chi connectivity index (χ3v) is 16.7. The number of nitrogens with zero attached hydrogens (tertiary/aromatic N) is 1. The molecular weight excluding hydrogens is 484 g/mol. The van der Waals surface area contributed by atoms with E-state index in [1.165, 1.54) is 23.8 Å². The Morgan fingerprint density at radius 2 is 1.60 bits per heavy atom. The molecule has 2 rings (SSSR count). The molecule has 0 unspecified atom stereocenters. The van der Waals surface area contributed by atoms with Crippen LogP contribution in [0.25, 0.3) is 0 Å². The highest BCUT2D eigenvalue weighted by molar-refractivity contribution is 6.74. The van der Waals surface area contributed by atoms with Gasteiger partial charge in [0.25, 0.3) is 5.56 Å². The number of ether oxygens (including phenoxy) is 2. The summed E-state index contributed by atoms with van der Waals surface area (Å²) in [5.74, 6) is -0.894. The summed E-state index contributed by atoms with van der Waals surface area (Å²) in [5.41, 5.74) is -1.08. The van der Waals surface area contributed by atoms with E-state index in [4.69, 9.17) is 18.3 Å². The highest BCUT2D eigenvalue weighted by Crippen LogP contribution is 2.44. The molecule has 0 spiro atoms. The van der Waals surface area contributed by atoms with Crippen molar-refractivity contribution in [2.75, 3.05) is 13.2 Å². The fourth-order valence-electron chi connectivity index (χ4n) is 3.41. The molecule has 0 amide bonds. The molecule has 9 nitrogen and oxygen atoms in total. The molecule has 1 aromatic rings. The molecule has 1 aromatic heterocycles. The van der Waals surface area contributed by atoms with Crippen LogP contribution in [-0.2, 0) is 23.1 Å². The number of nitrogens with one attached hydrogen (secondary N) is 1. The normalized spacial score (nSPS) is 24.0. The Kier molecular flexibility index (Phi) is 8.86. The Bertz CT molecular complexity index is 1000. The van der Waals surface area contributed by atoms with Gasteiger partial charge in [0.1, 0.15) is 18.9 Å². The van der Waals surface area contributed by atoms with E-state index in [9.17, 15) is 14.4 Å². The van der Waals surface area contributed by atoms with Crippen molar-refractivity contribution in [3.63, 3.8) is 0 Å². The van der Waals surface area contributed by atoms with E-state index in [-0.39, 0.29) is 16.7 Å². The summed E-state index contributed by atoms with van der Waals surface area (Å²) >= 11 is 0. The summed E-state index contributed by atoms with van der Waals surface area (Å²) in [5, 5.41) is -0.0650. The smallest absolute Gasteiger partial charge is 0.330 e. The summed E-state index contributed by atoms with van der Waals surface area (Å²) in [7, 11) is -4.39. The van der Waals surface area contributed by atoms with Gasteiger partial charge in [0.15, 0.2) is 16.6 Å². The first-order valence-electron chi connectivity index (χ1n) is 12.2. The van der Waals surface area contributed by atoms with Crippen LogP contribution in [0.4, 0.5) is 0 Å². The Morgan fingerprint density at radius 1 is 1.03 bits per heavy atom. The lowest BCUT2D eigenvalue weighted by atomic mass is 10.0. The highest BCUT2D eigenvalue weighted by atomic mass is 28.4. The van der Waals surface area contributed by atoms with E-state index < -0.39 is 58.2 Å². The largest absolute Gasteiger partial charge is 0.465 e. The van der Waals surface area contributed by atoms with Crippen molar-refractivity contribution in [3.8, 4) is 0 Å². The van der Waals surface area contributed by atoms with Crippen molar-refractivity contribution in [1.82, 2.24) is 9.55 Å². The number of carbonyl (C=O) groups is 1. The molecule has 0 radical (unpaired) electrons. The van der Waals surface area contributed by atoms with Crippen LogP contribution in [0, 0.1) is 5.92 Å². The summed E-state index contributed by atoms with van der Waals surface area (Å²) in [6.07, 6.45) is -0.333. The zero-order valence-corrected chi connectivity index (χ0v) is 25.2. The lowest BCUT2D eigenvalue weighted by Gasteiger charge is -2.41. The predicted molar refractivity (Wildman–Crippen MR) is 141 cm³/mol. The molecule has 0 aromatic carbocycles. The quantitative estimate of drug-likeness (QED) is 0.401. The second-order valence-electron chi connectivity index (χ2n) is 12.5. The average molecular weight is 529 g/mol. The van der Waals surface area contributed by atoms with Crippen LogP contribution in [0.15, 0.2) is 21.9 Å². The van der Waals surface area contributed by atoms with Crippen LogP contribution in [0.3, 0.4) is 0 Å². The van der Waals surface area contributed by atoms with Crippen LogP contribution in [0.2, 0.25) is 36.3 Å². The van der Waals surface area contributed by atoms with Gasteiger partial charge in [0, 0.05) is 19.2 Å². The van der Waals surface area contributed by atoms with Gasteiger partial charge in [-0.3, -0.25) is 19.1 Å². The van der Waals surface area contributed by atoms with Gasteiger partial charge in [0.2, 0.25) is 0 Å². The van der Waals surface area contributed by atoms with Gasteiger partial charge in [-0.1, -0.05) is 41.5 Å². The van der Waals surface area contributed by atoms with Crippen LogP contribution >= 0.6 is 0 Å². The Labute approximate surface area is 210 Å². The Balaban J connectivity index is 2.52. The van der Waals surface area contributed by atoms with Crippen LogP contribution in [0.1, 0.15) is 54.7 Å². The van der Waals surface area contributed by atoms with E-state index in [2.05, 4.69) is 72.7 Å². The van der Waals surface area contributed by atoms with Gasteiger partial charge in [-0.2, -0.15) is 0 Å². The fraction of sp³-hybridized carbons (Fsp3) is 0.792. The second-order valence-corrected chi connectivity index (χ2v) is 22.0. The number of hydrogen-bond acceptors (Lipinski definition) is 7. The molecule has 1 saturated heterocycles. The molecule has 1 aliphatic heterocycles. The molecule has 200 valence electrons. The molecule has 0 saturated carbocycles. The van der Waals surface area contributed by atoms with E-state index >= 15 is 0 Å². The molecule has 0 bridgehead atoms. The van der Waals surface area contributed by atoms with Gasteiger partial charge in [-0.05, 0) is 36.3 Å². The molecule has 4 atom stereocenters. The second kappa shape index (κ2) is 10.4. The van der Waals surface area contributed by atoms with Crippen molar-refractivity contribution >= 4 is 22.6 Å². The fourth-order valence-corrected chi connectivity index (χ4v) is 5.78. The van der Waals surface area contributed by atoms with E-state index in [1.54, 1.807) is 0 Å². The molecule has 1 fully saturated rings. The number of aromatic amines is 1. The Hall–Kier alpha value is -1.54. The van der Waals surface area contributed by atoms with Crippen molar-refractivity contribution in [3.05, 3.63) is 33.1 Å². The molecule has 2 heterocycles. The maximum Gasteiger partial charge on any atom is 0.330 e. The van der Waals surface area contributed by atoms with Gasteiger partial charge in [0.05, 0.1) is 18.6 Å². The minimum atomic E-state index is -2.28. The first-order chi connectivity index (χ1) is 15.8. The number of hydrogen-bond donors (Lipinski definition) is 1. The number of rotatable bonds is 8. The minimum Gasteiger partial charge on any atom is -0.465 e. The lowest BCUT2D eigenvalue weighted by molar-refractivity contribution is -0.144. The first kappa shape index (κ1) is 29.7. The van der Waals surface area contributed by atoms with Gasteiger partial charge < -0.3 is 18.3 Å². The highest BCUT2D eigenvalue weighted by Gasteiger charge is 2.52. The minimum absolute atomic E-state index is 0.00773. The van der Waals surface area contributed by atoms with Crippen LogP contribution in [0.5, 0.6) is 0 Å². The van der Waals surface area contributed by atoms with E-state index in [0.717, 1.165) is 0 Å². The summed E-state index contributed by atoms with van der Waals surface area (Å²) < 4.78 is 26.6. The Morgan fingerprint density at radius 3 is 2.09 bits per heavy atom. The van der Waals surface area contributed by atoms with E-state index in [1.807, 2.05) is 0 Å². The molecular formula is C24H44N2O7Si2. The molecule has 0 aliphatic carbocycles. The van der Waals surface area contributed by atoms with E-state index in [0.29, 0.717) is 6.61 Å². The third kappa shape index (κ3) is 7.03. The monoisotopic (exact) mass is 528 g/mol. The zero-order valence-electron chi connectivity index (χ0n) is 23.2. The van der Waals surface area contributed by atoms with Crippen molar-refractivity contribution < 1.29 is 23.1 Å². The molecule has 11 heteroatoms. The number of carbonyl (C=O) groups excluding carboxylic acids is 1. The first-order valence-corrected chi connectivity index (χ1v) is 18.0. The van der Waals surface area contributed by atoms with Crippen molar-refractivity contribution in [2.24, 2.45) is 5.92 Å². The third-order valence-electron chi connectivity index (χ3n) is 7.72. The van der Waals surface area contributed by atoms with Crippen LogP contribution in [-0.4, -0.2) is 57.6 Å². The van der Waals surface area contributed by atoms with Gasteiger partial charge in [-0.15, -0.1) is 0 Å². The molecule has 1 N–H and O–H groups in total. The molecule has 35 heavy (non-hydrogen) atoms. The number of esters is 1. The standard InChI is InChI=1S/C24H44N2O7Si2/c1-16(27)30-14-17-20(33-35(10,11)24(5,6)7)18(15-31-34(8,9)23(2,3)4)32-21(17)26-13-12-19(28)25-22(26)29/h12-13,17-18,20-21H,14-15H2,1-11H3,(H,25,28,29)/t17-,18-,20+,21-/m1/s1. The maximum absolute atomic E-state index is 12.7. The maximum atomic E-state index is 12.7. The SMILES string of the molecule is CC(=O)OC[C@@H]1[C@H](O[Si](C)(C)C(C)(C)C)[C@@H](CO[Si](C)(C)C(C)(C)C)O[C@H]1n1ccc(=O)[nH]c1=O. The van der Waals surface area contributed by atoms with Gasteiger partial charge in [-0.25, -0.2) is 4.79 Å².